The van der Waals surface area contributed by atoms with Crippen LogP contribution in [0.15, 0.2) is 18.3 Å². The van der Waals surface area contributed by atoms with Crippen molar-refractivity contribution >= 4 is 5.69 Å². The normalized spacial score (nSPS) is 22.6. The van der Waals surface area contributed by atoms with Gasteiger partial charge >= 0.3 is 0 Å². The molecule has 3 nitrogen and oxygen atoms in total. The fourth-order valence-corrected chi connectivity index (χ4v) is 1.92. The van der Waals surface area contributed by atoms with Crippen molar-refractivity contribution in [3.05, 3.63) is 24.0 Å². The first-order valence-electron chi connectivity index (χ1n) is 5.12. The maximum Gasteiger partial charge on any atom is 0.0400 e. The highest BCUT2D eigenvalue weighted by Crippen LogP contribution is 2.14. The molecule has 14 heavy (non-hydrogen) atoms. The SMILES string of the molecule is Cc1cc(NC2CCN(C)C2)ccn1. The molecule has 1 N–H and O–H groups in total. The topological polar surface area (TPSA) is 28.2 Å². The summed E-state index contributed by atoms with van der Waals surface area (Å²) in [6.45, 7) is 4.36. The van der Waals surface area contributed by atoms with Crippen LogP contribution in [-0.2, 0) is 0 Å². The fourth-order valence-electron chi connectivity index (χ4n) is 1.92. The van der Waals surface area contributed by atoms with Gasteiger partial charge in [0.25, 0.3) is 0 Å². The van der Waals surface area contributed by atoms with Crippen LogP contribution in [0.1, 0.15) is 12.1 Å². The average Bonchev–Trinajstić information content (AvgIpc) is 2.51. The lowest BCUT2D eigenvalue weighted by Crippen LogP contribution is -2.23. The largest absolute Gasteiger partial charge is 0.381 e. The van der Waals surface area contributed by atoms with E-state index in [0.29, 0.717) is 6.04 Å². The quantitative estimate of drug-likeness (QED) is 0.768. The zero-order valence-electron chi connectivity index (χ0n) is 8.83. The van der Waals surface area contributed by atoms with Gasteiger partial charge in [-0.25, -0.2) is 0 Å². The summed E-state index contributed by atoms with van der Waals surface area (Å²) in [4.78, 5) is 6.53. The molecule has 1 saturated heterocycles. The molecule has 0 radical (unpaired) electrons. The Morgan fingerprint density at radius 1 is 1.57 bits per heavy atom. The van der Waals surface area contributed by atoms with Gasteiger partial charge in [-0.15, -0.1) is 0 Å². The third-order valence-corrected chi connectivity index (χ3v) is 2.66. The Morgan fingerprint density at radius 3 is 3.07 bits per heavy atom. The Bertz CT molecular complexity index is 311. The van der Waals surface area contributed by atoms with Gasteiger partial charge in [0.15, 0.2) is 0 Å². The smallest absolute Gasteiger partial charge is 0.0400 e. The molecule has 1 aromatic heterocycles. The summed E-state index contributed by atoms with van der Waals surface area (Å²) in [6, 6.07) is 4.73. The van der Waals surface area contributed by atoms with E-state index in [0.717, 1.165) is 12.2 Å². The average molecular weight is 191 g/mol. The maximum absolute atomic E-state index is 4.18. The second-order valence-electron chi connectivity index (χ2n) is 4.08. The van der Waals surface area contributed by atoms with E-state index in [2.05, 4.69) is 28.3 Å². The lowest BCUT2D eigenvalue weighted by molar-refractivity contribution is 0.414. The number of aromatic nitrogens is 1. The Hall–Kier alpha value is -1.09. The zero-order chi connectivity index (χ0) is 9.97. The van der Waals surface area contributed by atoms with E-state index >= 15 is 0 Å². The van der Waals surface area contributed by atoms with Gasteiger partial charge in [0.1, 0.15) is 0 Å². The van der Waals surface area contributed by atoms with Gasteiger partial charge in [-0.2, -0.15) is 0 Å². The van der Waals surface area contributed by atoms with E-state index in [1.54, 1.807) is 0 Å². The highest BCUT2D eigenvalue weighted by atomic mass is 15.2. The number of nitrogens with one attached hydrogen (secondary N) is 1. The minimum Gasteiger partial charge on any atom is -0.381 e. The monoisotopic (exact) mass is 191 g/mol. The van der Waals surface area contributed by atoms with Crippen molar-refractivity contribution in [2.45, 2.75) is 19.4 Å². The van der Waals surface area contributed by atoms with Crippen molar-refractivity contribution in [2.24, 2.45) is 0 Å². The number of likely N-dealkylation sites (tertiary alicyclic amines) is 1. The highest BCUT2D eigenvalue weighted by molar-refractivity contribution is 5.44. The summed E-state index contributed by atoms with van der Waals surface area (Å²) in [7, 11) is 2.17. The van der Waals surface area contributed by atoms with Crippen LogP contribution < -0.4 is 5.32 Å². The Balaban J connectivity index is 1.97. The molecule has 1 atom stereocenters. The van der Waals surface area contributed by atoms with Crippen LogP contribution in [0.25, 0.3) is 0 Å². The lowest BCUT2D eigenvalue weighted by atomic mass is 10.2. The zero-order valence-corrected chi connectivity index (χ0v) is 8.83. The van der Waals surface area contributed by atoms with Crippen LogP contribution in [0.4, 0.5) is 5.69 Å². The molecule has 0 amide bonds. The second-order valence-corrected chi connectivity index (χ2v) is 4.08. The van der Waals surface area contributed by atoms with Crippen LogP contribution >= 0.6 is 0 Å². The van der Waals surface area contributed by atoms with Crippen LogP contribution in [0.2, 0.25) is 0 Å². The van der Waals surface area contributed by atoms with E-state index in [1.807, 2.05) is 19.2 Å². The number of pyridine rings is 1. The van der Waals surface area contributed by atoms with Gasteiger partial charge in [0.05, 0.1) is 0 Å². The number of hydrogen-bond acceptors (Lipinski definition) is 3. The summed E-state index contributed by atoms with van der Waals surface area (Å²) < 4.78 is 0. The molecule has 1 fully saturated rings. The van der Waals surface area contributed by atoms with Crippen LogP contribution in [-0.4, -0.2) is 36.1 Å². The molecule has 1 unspecified atom stereocenters. The molecular formula is C11H17N3. The van der Waals surface area contributed by atoms with E-state index in [9.17, 15) is 0 Å². The predicted octanol–water partition coefficient (Wildman–Crippen LogP) is 1.51. The van der Waals surface area contributed by atoms with Gasteiger partial charge in [-0.05, 0) is 39.1 Å². The number of nitrogens with zero attached hydrogens (tertiary/aromatic N) is 2. The minimum absolute atomic E-state index is 0.599. The molecule has 0 spiro atoms. The van der Waals surface area contributed by atoms with Crippen molar-refractivity contribution in [2.75, 3.05) is 25.5 Å². The van der Waals surface area contributed by atoms with Gasteiger partial charge in [-0.1, -0.05) is 0 Å². The van der Waals surface area contributed by atoms with Crippen molar-refractivity contribution in [1.82, 2.24) is 9.88 Å². The first-order chi connectivity index (χ1) is 6.74. The van der Waals surface area contributed by atoms with E-state index in [-0.39, 0.29) is 0 Å². The predicted molar refractivity (Wildman–Crippen MR) is 58.5 cm³/mol. The molecule has 0 aromatic carbocycles. The Labute approximate surface area is 85.1 Å². The molecule has 2 rings (SSSR count). The van der Waals surface area contributed by atoms with Gasteiger partial charge in [-0.3, -0.25) is 4.98 Å². The molecule has 1 aromatic rings. The van der Waals surface area contributed by atoms with E-state index in [4.69, 9.17) is 0 Å². The fraction of sp³-hybridized carbons (Fsp3) is 0.545. The molecular weight excluding hydrogens is 174 g/mol. The molecule has 2 heterocycles. The molecule has 0 aliphatic carbocycles. The number of anilines is 1. The van der Waals surface area contributed by atoms with Crippen molar-refractivity contribution in [3.63, 3.8) is 0 Å². The van der Waals surface area contributed by atoms with Gasteiger partial charge < -0.3 is 10.2 Å². The second kappa shape index (κ2) is 3.96. The highest BCUT2D eigenvalue weighted by Gasteiger charge is 2.18. The maximum atomic E-state index is 4.18. The summed E-state index contributed by atoms with van der Waals surface area (Å²) in [5, 5.41) is 3.53. The summed E-state index contributed by atoms with van der Waals surface area (Å²) in [5.41, 5.74) is 2.26. The van der Waals surface area contributed by atoms with Crippen LogP contribution in [0, 0.1) is 6.92 Å². The first kappa shape index (κ1) is 9.46. The summed E-state index contributed by atoms with van der Waals surface area (Å²) in [6.07, 6.45) is 3.09. The van der Waals surface area contributed by atoms with Gasteiger partial charge in [0, 0.05) is 30.2 Å². The van der Waals surface area contributed by atoms with E-state index < -0.39 is 0 Å². The summed E-state index contributed by atoms with van der Waals surface area (Å²) >= 11 is 0. The lowest BCUT2D eigenvalue weighted by Gasteiger charge is -2.14. The van der Waals surface area contributed by atoms with E-state index in [1.165, 1.54) is 18.7 Å². The van der Waals surface area contributed by atoms with Crippen molar-refractivity contribution in [3.8, 4) is 0 Å². The third kappa shape index (κ3) is 2.23. The molecule has 1 aliphatic rings. The first-order valence-corrected chi connectivity index (χ1v) is 5.12. The minimum atomic E-state index is 0.599. The molecule has 1 aliphatic heterocycles. The Kier molecular flexibility index (Phi) is 2.68. The van der Waals surface area contributed by atoms with Crippen LogP contribution in [0.3, 0.4) is 0 Å². The van der Waals surface area contributed by atoms with Gasteiger partial charge in [0.2, 0.25) is 0 Å². The number of hydrogen-bond donors (Lipinski definition) is 1. The van der Waals surface area contributed by atoms with Crippen molar-refractivity contribution in [1.29, 1.82) is 0 Å². The number of likely N-dealkylation sites (N-methyl/N-ethyl adjacent to an activating group) is 1. The standard InChI is InChI=1S/C11H17N3/c1-9-7-10(3-5-12-9)13-11-4-6-14(2)8-11/h3,5,7,11H,4,6,8H2,1-2H3,(H,12,13). The van der Waals surface area contributed by atoms with Crippen LogP contribution in [0.5, 0.6) is 0 Å². The number of aryl methyl sites for hydroxylation is 1. The third-order valence-electron chi connectivity index (χ3n) is 2.66. The number of rotatable bonds is 2. The molecule has 0 bridgehead atoms. The molecule has 0 saturated carbocycles. The van der Waals surface area contributed by atoms with Crippen molar-refractivity contribution < 1.29 is 0 Å². The molecule has 76 valence electrons. The summed E-state index contributed by atoms with van der Waals surface area (Å²) in [5.74, 6) is 0. The molecule has 3 heteroatoms. The Morgan fingerprint density at radius 2 is 2.43 bits per heavy atom.